The largest absolute Gasteiger partial charge is 0.354 e. The van der Waals surface area contributed by atoms with Gasteiger partial charge in [0.25, 0.3) is 0 Å². The van der Waals surface area contributed by atoms with E-state index in [9.17, 15) is 4.79 Å². The fourth-order valence-electron chi connectivity index (χ4n) is 2.75. The predicted octanol–water partition coefficient (Wildman–Crippen LogP) is 2.77. The fraction of sp³-hybridized carbons (Fsp3) is 0.889. The van der Waals surface area contributed by atoms with Crippen LogP contribution in [0.2, 0.25) is 0 Å². The van der Waals surface area contributed by atoms with Gasteiger partial charge in [0.15, 0.2) is 5.96 Å². The van der Waals surface area contributed by atoms with Crippen LogP contribution in [0.5, 0.6) is 0 Å². The molecule has 0 aromatic rings. The van der Waals surface area contributed by atoms with Crippen molar-refractivity contribution in [3.8, 4) is 0 Å². The minimum absolute atomic E-state index is 0.0320. The van der Waals surface area contributed by atoms with Gasteiger partial charge in [-0.15, -0.1) is 0 Å². The van der Waals surface area contributed by atoms with E-state index >= 15 is 0 Å². The SMILES string of the molecule is CC(C)CCC(C)NC(=NCC(=O)N(C)C)NC1CCCCC1. The van der Waals surface area contributed by atoms with E-state index < -0.39 is 0 Å². The van der Waals surface area contributed by atoms with E-state index in [-0.39, 0.29) is 12.5 Å². The van der Waals surface area contributed by atoms with Crippen LogP contribution in [0.4, 0.5) is 0 Å². The van der Waals surface area contributed by atoms with Gasteiger partial charge in [-0.1, -0.05) is 33.1 Å². The maximum absolute atomic E-state index is 11.8. The average Bonchev–Trinajstić information content (AvgIpc) is 2.51. The number of carbonyl (C=O) groups excluding carboxylic acids is 1. The quantitative estimate of drug-likeness (QED) is 0.559. The topological polar surface area (TPSA) is 56.7 Å². The lowest BCUT2D eigenvalue weighted by atomic mass is 9.96. The van der Waals surface area contributed by atoms with Crippen LogP contribution in [0, 0.1) is 5.92 Å². The molecule has 1 amide bonds. The van der Waals surface area contributed by atoms with E-state index in [4.69, 9.17) is 0 Å². The molecule has 1 aliphatic rings. The first-order chi connectivity index (χ1) is 10.9. The van der Waals surface area contributed by atoms with Crippen LogP contribution in [0.25, 0.3) is 0 Å². The third-order valence-electron chi connectivity index (χ3n) is 4.38. The summed E-state index contributed by atoms with van der Waals surface area (Å²) in [6.45, 7) is 6.88. The molecule has 1 unspecified atom stereocenters. The van der Waals surface area contributed by atoms with Crippen LogP contribution in [-0.4, -0.2) is 49.5 Å². The van der Waals surface area contributed by atoms with Crippen LogP contribution in [0.3, 0.4) is 0 Å². The molecular formula is C18H36N4O. The highest BCUT2D eigenvalue weighted by molar-refractivity contribution is 5.85. The van der Waals surface area contributed by atoms with E-state index in [1.54, 1.807) is 19.0 Å². The Kier molecular flexibility index (Phi) is 9.03. The molecule has 2 N–H and O–H groups in total. The third-order valence-corrected chi connectivity index (χ3v) is 4.38. The molecule has 0 spiro atoms. The third kappa shape index (κ3) is 8.82. The molecule has 1 saturated carbocycles. The number of guanidine groups is 1. The van der Waals surface area contributed by atoms with Gasteiger partial charge in [0.05, 0.1) is 0 Å². The van der Waals surface area contributed by atoms with Gasteiger partial charge in [-0.2, -0.15) is 0 Å². The second-order valence-corrected chi connectivity index (χ2v) is 7.45. The van der Waals surface area contributed by atoms with E-state index in [0.29, 0.717) is 18.0 Å². The summed E-state index contributed by atoms with van der Waals surface area (Å²) in [4.78, 5) is 17.9. The van der Waals surface area contributed by atoms with Crippen LogP contribution in [0.1, 0.15) is 65.7 Å². The van der Waals surface area contributed by atoms with Crippen LogP contribution in [0.15, 0.2) is 4.99 Å². The lowest BCUT2D eigenvalue weighted by molar-refractivity contribution is -0.127. The number of hydrogen-bond donors (Lipinski definition) is 2. The van der Waals surface area contributed by atoms with Crippen LogP contribution in [-0.2, 0) is 4.79 Å². The minimum Gasteiger partial charge on any atom is -0.354 e. The molecule has 5 nitrogen and oxygen atoms in total. The van der Waals surface area contributed by atoms with E-state index in [2.05, 4.69) is 36.4 Å². The fourth-order valence-corrected chi connectivity index (χ4v) is 2.75. The van der Waals surface area contributed by atoms with Crippen molar-refractivity contribution in [1.82, 2.24) is 15.5 Å². The number of aliphatic imine (C=N–C) groups is 1. The van der Waals surface area contributed by atoms with Gasteiger partial charge < -0.3 is 15.5 Å². The second kappa shape index (κ2) is 10.5. The number of nitrogens with zero attached hydrogens (tertiary/aromatic N) is 2. The zero-order valence-corrected chi connectivity index (χ0v) is 15.7. The van der Waals surface area contributed by atoms with E-state index in [1.165, 1.54) is 38.5 Å². The number of likely N-dealkylation sites (N-methyl/N-ethyl adjacent to an activating group) is 1. The summed E-state index contributed by atoms with van der Waals surface area (Å²) in [6.07, 6.45) is 8.61. The molecule has 0 aliphatic heterocycles. The number of carbonyl (C=O) groups is 1. The Hall–Kier alpha value is -1.26. The Bertz CT molecular complexity index is 373. The van der Waals surface area contributed by atoms with Gasteiger partial charge in [0.1, 0.15) is 6.54 Å². The summed E-state index contributed by atoms with van der Waals surface area (Å²) >= 11 is 0. The molecule has 1 rings (SSSR count). The maximum atomic E-state index is 11.8. The Morgan fingerprint density at radius 2 is 1.78 bits per heavy atom. The summed E-state index contributed by atoms with van der Waals surface area (Å²) in [5, 5.41) is 7.02. The minimum atomic E-state index is 0.0320. The summed E-state index contributed by atoms with van der Waals surface area (Å²) in [5.41, 5.74) is 0. The van der Waals surface area contributed by atoms with Crippen molar-refractivity contribution < 1.29 is 4.79 Å². The Balaban J connectivity index is 2.58. The number of rotatable bonds is 7. The number of hydrogen-bond acceptors (Lipinski definition) is 2. The molecule has 1 atom stereocenters. The highest BCUT2D eigenvalue weighted by Crippen LogP contribution is 2.17. The number of nitrogens with one attached hydrogen (secondary N) is 2. The smallest absolute Gasteiger partial charge is 0.243 e. The Morgan fingerprint density at radius 3 is 2.35 bits per heavy atom. The first-order valence-electron chi connectivity index (χ1n) is 9.16. The Labute approximate surface area is 142 Å². The normalized spacial score (nSPS) is 17.9. The predicted molar refractivity (Wildman–Crippen MR) is 97.7 cm³/mol. The summed E-state index contributed by atoms with van der Waals surface area (Å²) in [5.74, 6) is 1.54. The van der Waals surface area contributed by atoms with Gasteiger partial charge in [-0.3, -0.25) is 4.79 Å². The van der Waals surface area contributed by atoms with Crippen LogP contribution < -0.4 is 10.6 Å². The molecule has 0 saturated heterocycles. The molecule has 134 valence electrons. The van der Waals surface area contributed by atoms with E-state index in [0.717, 1.165) is 12.4 Å². The summed E-state index contributed by atoms with van der Waals surface area (Å²) in [6, 6.07) is 0.850. The monoisotopic (exact) mass is 324 g/mol. The first kappa shape index (κ1) is 19.8. The average molecular weight is 325 g/mol. The van der Waals surface area contributed by atoms with Gasteiger partial charge in [0.2, 0.25) is 5.91 Å². The molecule has 0 heterocycles. The second-order valence-electron chi connectivity index (χ2n) is 7.45. The Morgan fingerprint density at radius 1 is 1.13 bits per heavy atom. The molecular weight excluding hydrogens is 288 g/mol. The molecule has 5 heteroatoms. The van der Waals surface area contributed by atoms with Gasteiger partial charge in [0, 0.05) is 26.2 Å². The number of amides is 1. The maximum Gasteiger partial charge on any atom is 0.243 e. The standard InChI is InChI=1S/C18H36N4O/c1-14(2)11-12-15(3)20-18(19-13-17(23)22(4)5)21-16-9-7-6-8-10-16/h14-16H,6-13H2,1-5H3,(H2,19,20,21). The first-order valence-corrected chi connectivity index (χ1v) is 9.16. The van der Waals surface area contributed by atoms with Crippen molar-refractivity contribution in [1.29, 1.82) is 0 Å². The van der Waals surface area contributed by atoms with Crippen molar-refractivity contribution in [2.75, 3.05) is 20.6 Å². The van der Waals surface area contributed by atoms with E-state index in [1.807, 2.05) is 0 Å². The molecule has 0 aromatic carbocycles. The van der Waals surface area contributed by atoms with Gasteiger partial charge >= 0.3 is 0 Å². The lowest BCUT2D eigenvalue weighted by Gasteiger charge is -2.27. The van der Waals surface area contributed by atoms with Crippen molar-refractivity contribution in [3.05, 3.63) is 0 Å². The highest BCUT2D eigenvalue weighted by Gasteiger charge is 2.16. The zero-order chi connectivity index (χ0) is 17.2. The molecule has 1 aliphatic carbocycles. The molecule has 23 heavy (non-hydrogen) atoms. The van der Waals surface area contributed by atoms with Gasteiger partial charge in [-0.25, -0.2) is 4.99 Å². The molecule has 0 radical (unpaired) electrons. The van der Waals surface area contributed by atoms with Gasteiger partial charge in [-0.05, 0) is 38.5 Å². The zero-order valence-electron chi connectivity index (χ0n) is 15.7. The van der Waals surface area contributed by atoms with Crippen molar-refractivity contribution in [2.45, 2.75) is 77.8 Å². The summed E-state index contributed by atoms with van der Waals surface area (Å²) < 4.78 is 0. The summed E-state index contributed by atoms with van der Waals surface area (Å²) in [7, 11) is 3.54. The van der Waals surface area contributed by atoms with Crippen molar-refractivity contribution >= 4 is 11.9 Å². The molecule has 0 aromatic heterocycles. The van der Waals surface area contributed by atoms with Crippen LogP contribution >= 0.6 is 0 Å². The van der Waals surface area contributed by atoms with Crippen molar-refractivity contribution in [2.24, 2.45) is 10.9 Å². The molecule has 0 bridgehead atoms. The molecule has 1 fully saturated rings. The highest BCUT2D eigenvalue weighted by atomic mass is 16.2. The lowest BCUT2D eigenvalue weighted by Crippen LogP contribution is -2.47. The van der Waals surface area contributed by atoms with Crippen molar-refractivity contribution in [3.63, 3.8) is 0 Å².